The molecule has 21 heavy (non-hydrogen) atoms. The molecule has 1 aromatic rings. The van der Waals surface area contributed by atoms with Crippen molar-refractivity contribution in [3.63, 3.8) is 0 Å². The highest BCUT2D eigenvalue weighted by Crippen LogP contribution is 2.18. The Morgan fingerprint density at radius 2 is 2.10 bits per heavy atom. The van der Waals surface area contributed by atoms with Gasteiger partial charge in [-0.25, -0.2) is 13.1 Å². The first-order chi connectivity index (χ1) is 10.1. The van der Waals surface area contributed by atoms with Crippen molar-refractivity contribution >= 4 is 10.0 Å². The van der Waals surface area contributed by atoms with E-state index < -0.39 is 10.0 Å². The number of benzene rings is 1. The van der Waals surface area contributed by atoms with E-state index in [1.165, 1.54) is 6.42 Å². The third-order valence-electron chi connectivity index (χ3n) is 3.63. The summed E-state index contributed by atoms with van der Waals surface area (Å²) in [5, 5.41) is 3.33. The molecule has 0 radical (unpaired) electrons. The van der Waals surface area contributed by atoms with Crippen LogP contribution in [-0.4, -0.2) is 34.7 Å². The monoisotopic (exact) mass is 312 g/mol. The van der Waals surface area contributed by atoms with Gasteiger partial charge in [0.2, 0.25) is 10.0 Å². The second-order valence-electron chi connectivity index (χ2n) is 5.37. The molecular formula is C15H24N2O3S. The molecule has 1 aliphatic rings. The van der Waals surface area contributed by atoms with Crippen LogP contribution < -0.4 is 14.8 Å². The Bertz CT molecular complexity index is 522. The maximum Gasteiger partial charge on any atom is 0.240 e. The van der Waals surface area contributed by atoms with E-state index in [1.807, 2.05) is 6.92 Å². The summed E-state index contributed by atoms with van der Waals surface area (Å²) in [5.41, 5.74) is 0. The molecule has 2 rings (SSSR count). The Hall–Kier alpha value is -1.11. The first kappa shape index (κ1) is 16.3. The maximum absolute atomic E-state index is 11.9. The number of hydrogen-bond acceptors (Lipinski definition) is 4. The molecule has 118 valence electrons. The molecule has 1 saturated heterocycles. The van der Waals surface area contributed by atoms with Gasteiger partial charge in [-0.15, -0.1) is 0 Å². The third-order valence-corrected chi connectivity index (χ3v) is 5.11. The molecule has 1 unspecified atom stereocenters. The fraction of sp³-hybridized carbons (Fsp3) is 0.600. The average Bonchev–Trinajstić information content (AvgIpc) is 2.99. The third kappa shape index (κ3) is 4.98. The van der Waals surface area contributed by atoms with Gasteiger partial charge in [0.25, 0.3) is 0 Å². The van der Waals surface area contributed by atoms with E-state index in [0.717, 1.165) is 31.7 Å². The second kappa shape index (κ2) is 7.77. The van der Waals surface area contributed by atoms with Crippen LogP contribution in [0.2, 0.25) is 0 Å². The maximum atomic E-state index is 11.9. The predicted molar refractivity (Wildman–Crippen MR) is 83.0 cm³/mol. The predicted octanol–water partition coefficient (Wildman–Crippen LogP) is 1.75. The fourth-order valence-corrected chi connectivity index (χ4v) is 3.47. The van der Waals surface area contributed by atoms with Crippen molar-refractivity contribution < 1.29 is 13.2 Å². The molecule has 0 saturated carbocycles. The van der Waals surface area contributed by atoms with Gasteiger partial charge in [-0.05, 0) is 62.5 Å². The summed E-state index contributed by atoms with van der Waals surface area (Å²) in [6.07, 6.45) is 3.02. The van der Waals surface area contributed by atoms with Gasteiger partial charge in [-0.2, -0.15) is 0 Å². The van der Waals surface area contributed by atoms with E-state index in [2.05, 4.69) is 10.0 Å². The molecule has 0 amide bonds. The first-order valence-corrected chi connectivity index (χ1v) is 9.03. The van der Waals surface area contributed by atoms with Crippen molar-refractivity contribution in [2.75, 3.05) is 26.2 Å². The Balaban J connectivity index is 1.83. The van der Waals surface area contributed by atoms with Crippen LogP contribution in [0.3, 0.4) is 0 Å². The zero-order valence-electron chi connectivity index (χ0n) is 12.5. The minimum Gasteiger partial charge on any atom is -0.494 e. The summed E-state index contributed by atoms with van der Waals surface area (Å²) in [6, 6.07) is 6.61. The summed E-state index contributed by atoms with van der Waals surface area (Å²) < 4.78 is 32.1. The van der Waals surface area contributed by atoms with Crippen molar-refractivity contribution in [3.05, 3.63) is 24.3 Å². The lowest BCUT2D eigenvalue weighted by Crippen LogP contribution is -2.24. The van der Waals surface area contributed by atoms with Gasteiger partial charge in [-0.3, -0.25) is 0 Å². The van der Waals surface area contributed by atoms with Gasteiger partial charge >= 0.3 is 0 Å². The van der Waals surface area contributed by atoms with Crippen molar-refractivity contribution in [1.82, 2.24) is 10.0 Å². The van der Waals surface area contributed by atoms with Crippen molar-refractivity contribution in [1.29, 1.82) is 0 Å². The highest BCUT2D eigenvalue weighted by molar-refractivity contribution is 7.89. The minimum atomic E-state index is -3.39. The fourth-order valence-electron chi connectivity index (χ4n) is 2.34. The van der Waals surface area contributed by atoms with Crippen LogP contribution in [0.1, 0.15) is 26.2 Å². The zero-order chi connectivity index (χ0) is 15.1. The number of nitrogens with one attached hydrogen (secondary N) is 2. The summed E-state index contributed by atoms with van der Waals surface area (Å²) in [5.74, 6) is 1.42. The largest absolute Gasteiger partial charge is 0.494 e. The van der Waals surface area contributed by atoms with Crippen molar-refractivity contribution in [2.24, 2.45) is 5.92 Å². The Labute approximate surface area is 127 Å². The molecule has 1 heterocycles. The number of rotatable bonds is 8. The molecule has 1 fully saturated rings. The van der Waals surface area contributed by atoms with E-state index in [0.29, 0.717) is 19.1 Å². The van der Waals surface area contributed by atoms with Crippen molar-refractivity contribution in [3.8, 4) is 5.75 Å². The number of hydrogen-bond donors (Lipinski definition) is 2. The molecule has 1 aromatic carbocycles. The molecule has 0 aliphatic carbocycles. The van der Waals surface area contributed by atoms with Crippen LogP contribution in [-0.2, 0) is 10.0 Å². The molecule has 0 bridgehead atoms. The van der Waals surface area contributed by atoms with Gasteiger partial charge in [-0.1, -0.05) is 6.92 Å². The lowest BCUT2D eigenvalue weighted by Gasteiger charge is -2.11. The van der Waals surface area contributed by atoms with Gasteiger partial charge < -0.3 is 10.1 Å². The lowest BCUT2D eigenvalue weighted by atomic mass is 10.1. The molecule has 2 N–H and O–H groups in total. The van der Waals surface area contributed by atoms with Crippen LogP contribution in [0, 0.1) is 5.92 Å². The summed E-state index contributed by atoms with van der Waals surface area (Å²) in [4.78, 5) is 0.281. The highest BCUT2D eigenvalue weighted by atomic mass is 32.2. The smallest absolute Gasteiger partial charge is 0.240 e. The van der Waals surface area contributed by atoms with Gasteiger partial charge in [0.15, 0.2) is 0 Å². The van der Waals surface area contributed by atoms with Crippen molar-refractivity contribution in [2.45, 2.75) is 31.1 Å². The summed E-state index contributed by atoms with van der Waals surface area (Å²) >= 11 is 0. The Morgan fingerprint density at radius 1 is 1.33 bits per heavy atom. The van der Waals surface area contributed by atoms with E-state index in [9.17, 15) is 8.42 Å². The molecule has 5 nitrogen and oxygen atoms in total. The molecule has 1 aliphatic heterocycles. The number of ether oxygens (including phenoxy) is 1. The first-order valence-electron chi connectivity index (χ1n) is 7.55. The standard InChI is InChI=1S/C15H24N2O3S/c1-2-9-17-21(18,19)15-5-3-14(4-6-15)20-11-8-13-7-10-16-12-13/h3-6,13,16-17H,2,7-12H2,1H3. The molecule has 1 atom stereocenters. The molecule has 0 aromatic heterocycles. The molecule has 6 heteroatoms. The van der Waals surface area contributed by atoms with Crippen LogP contribution in [0.15, 0.2) is 29.2 Å². The average molecular weight is 312 g/mol. The van der Waals surface area contributed by atoms with Crippen LogP contribution in [0.5, 0.6) is 5.75 Å². The number of sulfonamides is 1. The molecule has 0 spiro atoms. The van der Waals surface area contributed by atoms with Crippen LogP contribution in [0.25, 0.3) is 0 Å². The Morgan fingerprint density at radius 3 is 2.71 bits per heavy atom. The summed E-state index contributed by atoms with van der Waals surface area (Å²) in [6.45, 7) is 5.23. The normalized spacial score (nSPS) is 18.8. The highest BCUT2D eigenvalue weighted by Gasteiger charge is 2.15. The lowest BCUT2D eigenvalue weighted by molar-refractivity contribution is 0.283. The van der Waals surface area contributed by atoms with Gasteiger partial charge in [0.1, 0.15) is 5.75 Å². The molecular weight excluding hydrogens is 288 g/mol. The Kier molecular flexibility index (Phi) is 6.02. The van der Waals surface area contributed by atoms with Gasteiger partial charge in [0.05, 0.1) is 11.5 Å². The zero-order valence-corrected chi connectivity index (χ0v) is 13.3. The van der Waals surface area contributed by atoms with E-state index in [1.54, 1.807) is 24.3 Å². The summed E-state index contributed by atoms with van der Waals surface area (Å²) in [7, 11) is -3.39. The van der Waals surface area contributed by atoms with E-state index >= 15 is 0 Å². The SMILES string of the molecule is CCCNS(=O)(=O)c1ccc(OCCC2CCNC2)cc1. The van der Waals surface area contributed by atoms with Crippen LogP contribution in [0.4, 0.5) is 0 Å². The minimum absolute atomic E-state index is 0.281. The van der Waals surface area contributed by atoms with Crippen LogP contribution >= 0.6 is 0 Å². The van der Waals surface area contributed by atoms with E-state index in [4.69, 9.17) is 4.74 Å². The quantitative estimate of drug-likeness (QED) is 0.767. The van der Waals surface area contributed by atoms with Gasteiger partial charge in [0, 0.05) is 6.54 Å². The second-order valence-corrected chi connectivity index (χ2v) is 7.13. The topological polar surface area (TPSA) is 67.4 Å². The van der Waals surface area contributed by atoms with E-state index in [-0.39, 0.29) is 4.90 Å².